The van der Waals surface area contributed by atoms with Gasteiger partial charge in [0.15, 0.2) is 0 Å². The Morgan fingerprint density at radius 2 is 1.75 bits per heavy atom. The van der Waals surface area contributed by atoms with Gasteiger partial charge in [0.05, 0.1) is 0 Å². The highest BCUT2D eigenvalue weighted by Crippen LogP contribution is 2.38. The number of fused-ring (bicyclic) bond motifs is 1. The minimum absolute atomic E-state index is 0.0410. The zero-order chi connectivity index (χ0) is 14.3. The molecule has 104 valence electrons. The molecular formula is C15H11ClF3N. The van der Waals surface area contributed by atoms with Crippen molar-refractivity contribution >= 4 is 23.0 Å². The van der Waals surface area contributed by atoms with Crippen LogP contribution in [0.2, 0.25) is 0 Å². The molecule has 0 amide bonds. The van der Waals surface area contributed by atoms with Gasteiger partial charge in [0, 0.05) is 18.1 Å². The molecule has 0 saturated heterocycles. The Bertz CT molecular complexity index is 649. The second kappa shape index (κ2) is 5.02. The molecule has 0 bridgehead atoms. The van der Waals surface area contributed by atoms with E-state index in [1.165, 1.54) is 29.2 Å². The van der Waals surface area contributed by atoms with Gasteiger partial charge in [-0.1, -0.05) is 6.07 Å². The van der Waals surface area contributed by atoms with Crippen LogP contribution in [0.1, 0.15) is 11.1 Å². The van der Waals surface area contributed by atoms with E-state index in [4.69, 9.17) is 11.6 Å². The lowest BCUT2D eigenvalue weighted by atomic mass is 10.1. The first-order valence-corrected chi connectivity index (χ1v) is 6.73. The normalized spacial score (nSPS) is 13.7. The minimum Gasteiger partial charge on any atom is -0.336 e. The molecule has 1 aliphatic rings. The molecule has 20 heavy (non-hydrogen) atoms. The number of hydrogen-bond acceptors (Lipinski definition) is 1. The third kappa shape index (κ3) is 2.14. The maximum atomic E-state index is 14.1. The molecule has 0 saturated carbocycles. The van der Waals surface area contributed by atoms with Crippen LogP contribution < -0.4 is 4.90 Å². The lowest BCUT2D eigenvalue weighted by molar-refractivity contribution is 0.579. The van der Waals surface area contributed by atoms with Crippen molar-refractivity contribution in [1.82, 2.24) is 0 Å². The Morgan fingerprint density at radius 3 is 2.40 bits per heavy atom. The highest BCUT2D eigenvalue weighted by atomic mass is 35.5. The third-order valence-corrected chi connectivity index (χ3v) is 3.75. The van der Waals surface area contributed by atoms with Crippen LogP contribution in [-0.2, 0) is 12.3 Å². The molecule has 5 heteroatoms. The summed E-state index contributed by atoms with van der Waals surface area (Å²) in [6.07, 6.45) is 0.631. The second-order valence-electron chi connectivity index (χ2n) is 4.72. The molecule has 0 N–H and O–H groups in total. The summed E-state index contributed by atoms with van der Waals surface area (Å²) in [5, 5.41) is 0. The van der Waals surface area contributed by atoms with E-state index >= 15 is 0 Å². The van der Waals surface area contributed by atoms with E-state index in [0.29, 0.717) is 24.2 Å². The van der Waals surface area contributed by atoms with Gasteiger partial charge in [-0.05, 0) is 41.8 Å². The van der Waals surface area contributed by atoms with Crippen LogP contribution >= 0.6 is 11.6 Å². The van der Waals surface area contributed by atoms with Crippen molar-refractivity contribution in [2.75, 3.05) is 11.4 Å². The zero-order valence-corrected chi connectivity index (χ0v) is 11.2. The van der Waals surface area contributed by atoms with E-state index in [2.05, 4.69) is 0 Å². The summed E-state index contributed by atoms with van der Waals surface area (Å²) in [6.45, 7) is 0.423. The highest BCUT2D eigenvalue weighted by molar-refractivity contribution is 6.17. The van der Waals surface area contributed by atoms with E-state index in [0.717, 1.165) is 5.56 Å². The van der Waals surface area contributed by atoms with Gasteiger partial charge in [-0.15, -0.1) is 11.6 Å². The topological polar surface area (TPSA) is 3.24 Å². The average Bonchev–Trinajstić information content (AvgIpc) is 2.81. The van der Waals surface area contributed by atoms with Crippen LogP contribution in [0.5, 0.6) is 0 Å². The number of benzene rings is 2. The van der Waals surface area contributed by atoms with Gasteiger partial charge in [-0.25, -0.2) is 13.2 Å². The SMILES string of the molecule is Fc1ccc2c(c1)N(c1c(F)cc(CCl)cc1F)CC2. The first-order chi connectivity index (χ1) is 9.60. The predicted molar refractivity (Wildman–Crippen MR) is 73.0 cm³/mol. The summed E-state index contributed by atoms with van der Waals surface area (Å²) in [7, 11) is 0. The van der Waals surface area contributed by atoms with Crippen molar-refractivity contribution in [3.8, 4) is 0 Å². The molecule has 0 aromatic heterocycles. The number of nitrogens with zero attached hydrogens (tertiary/aromatic N) is 1. The van der Waals surface area contributed by atoms with Crippen molar-refractivity contribution in [2.24, 2.45) is 0 Å². The van der Waals surface area contributed by atoms with Crippen molar-refractivity contribution in [2.45, 2.75) is 12.3 Å². The molecule has 2 aromatic rings. The average molecular weight is 298 g/mol. The third-order valence-electron chi connectivity index (χ3n) is 3.44. The summed E-state index contributed by atoms with van der Waals surface area (Å²) >= 11 is 5.59. The maximum absolute atomic E-state index is 14.1. The summed E-state index contributed by atoms with van der Waals surface area (Å²) in [4.78, 5) is 1.47. The van der Waals surface area contributed by atoms with Gasteiger partial charge >= 0.3 is 0 Å². The molecular weight excluding hydrogens is 287 g/mol. The van der Waals surface area contributed by atoms with E-state index < -0.39 is 17.5 Å². The van der Waals surface area contributed by atoms with Gasteiger partial charge in [-0.2, -0.15) is 0 Å². The fourth-order valence-electron chi connectivity index (χ4n) is 2.54. The molecule has 0 atom stereocenters. The van der Waals surface area contributed by atoms with Crippen LogP contribution in [0.25, 0.3) is 0 Å². The van der Waals surface area contributed by atoms with Crippen LogP contribution in [0.3, 0.4) is 0 Å². The van der Waals surface area contributed by atoms with Crippen molar-refractivity contribution < 1.29 is 13.2 Å². The molecule has 1 aliphatic heterocycles. The Balaban J connectivity index is 2.11. The summed E-state index contributed by atoms with van der Waals surface area (Å²) in [5.41, 5.74) is 1.63. The van der Waals surface area contributed by atoms with Gasteiger partial charge in [0.25, 0.3) is 0 Å². The Labute approximate surface area is 119 Å². The molecule has 2 aromatic carbocycles. The molecule has 0 aliphatic carbocycles. The Morgan fingerprint density at radius 1 is 1.05 bits per heavy atom. The molecule has 0 fully saturated rings. The van der Waals surface area contributed by atoms with Crippen LogP contribution in [0.15, 0.2) is 30.3 Å². The van der Waals surface area contributed by atoms with Gasteiger partial charge in [-0.3, -0.25) is 0 Å². The predicted octanol–water partition coefficient (Wildman–Crippen LogP) is 4.54. The summed E-state index contributed by atoms with van der Waals surface area (Å²) in [6, 6.07) is 6.72. The number of alkyl halides is 1. The summed E-state index contributed by atoms with van der Waals surface area (Å²) in [5.74, 6) is -1.75. The lowest BCUT2D eigenvalue weighted by Crippen LogP contribution is -2.17. The number of rotatable bonds is 2. The number of anilines is 2. The van der Waals surface area contributed by atoms with E-state index in [1.807, 2.05) is 0 Å². The Hall–Kier alpha value is -1.68. The minimum atomic E-state index is -0.683. The second-order valence-corrected chi connectivity index (χ2v) is 4.98. The fraction of sp³-hybridized carbons (Fsp3) is 0.200. The molecule has 0 unspecified atom stereocenters. The number of hydrogen-bond donors (Lipinski definition) is 0. The lowest BCUT2D eigenvalue weighted by Gasteiger charge is -2.21. The molecule has 3 rings (SSSR count). The van der Waals surface area contributed by atoms with Crippen LogP contribution in [0.4, 0.5) is 24.5 Å². The van der Waals surface area contributed by atoms with Crippen molar-refractivity contribution in [1.29, 1.82) is 0 Å². The summed E-state index contributed by atoms with van der Waals surface area (Å²) < 4.78 is 41.6. The molecule has 1 nitrogen and oxygen atoms in total. The number of halogens is 4. The first kappa shape index (κ1) is 13.3. The molecule has 0 radical (unpaired) electrons. The monoisotopic (exact) mass is 297 g/mol. The quantitative estimate of drug-likeness (QED) is 0.736. The molecule has 0 spiro atoms. The standard InChI is InChI=1S/C15H11ClF3N/c16-8-9-5-12(18)15(13(19)6-9)20-4-3-10-1-2-11(17)7-14(10)20/h1-2,5-7H,3-4,8H2. The van der Waals surface area contributed by atoms with Crippen molar-refractivity contribution in [3.63, 3.8) is 0 Å². The first-order valence-electron chi connectivity index (χ1n) is 6.20. The zero-order valence-electron chi connectivity index (χ0n) is 10.5. The van der Waals surface area contributed by atoms with E-state index in [1.54, 1.807) is 6.07 Å². The maximum Gasteiger partial charge on any atom is 0.150 e. The fourth-order valence-corrected chi connectivity index (χ4v) is 2.69. The Kier molecular flexibility index (Phi) is 3.34. The van der Waals surface area contributed by atoms with Crippen LogP contribution in [-0.4, -0.2) is 6.54 Å². The van der Waals surface area contributed by atoms with Gasteiger partial charge < -0.3 is 4.90 Å². The van der Waals surface area contributed by atoms with Crippen molar-refractivity contribution in [3.05, 3.63) is 58.9 Å². The van der Waals surface area contributed by atoms with Gasteiger partial charge in [0.1, 0.15) is 23.1 Å². The van der Waals surface area contributed by atoms with Gasteiger partial charge in [0.2, 0.25) is 0 Å². The van der Waals surface area contributed by atoms with E-state index in [-0.39, 0.29) is 11.6 Å². The largest absolute Gasteiger partial charge is 0.336 e. The van der Waals surface area contributed by atoms with Crippen LogP contribution in [0, 0.1) is 17.5 Å². The smallest absolute Gasteiger partial charge is 0.150 e. The highest BCUT2D eigenvalue weighted by Gasteiger charge is 2.26. The van der Waals surface area contributed by atoms with E-state index in [9.17, 15) is 13.2 Å². The molecule has 1 heterocycles.